The summed E-state index contributed by atoms with van der Waals surface area (Å²) in [5.41, 5.74) is -0.142. The first-order valence-electron chi connectivity index (χ1n) is 7.32. The zero-order chi connectivity index (χ0) is 19.3. The lowest BCUT2D eigenvalue weighted by Crippen LogP contribution is -2.19. The highest BCUT2D eigenvalue weighted by molar-refractivity contribution is 8.00. The van der Waals surface area contributed by atoms with Gasteiger partial charge in [-0.15, -0.1) is 11.8 Å². The van der Waals surface area contributed by atoms with Crippen molar-refractivity contribution in [1.29, 1.82) is 0 Å². The Morgan fingerprint density at radius 3 is 2.54 bits per heavy atom. The maximum Gasteiger partial charge on any atom is 0.417 e. The van der Waals surface area contributed by atoms with E-state index >= 15 is 0 Å². The topological polar surface area (TPSA) is 58.2 Å². The molecule has 138 valence electrons. The average Bonchev–Trinajstić information content (AvgIpc) is 2.59. The predicted molar refractivity (Wildman–Crippen MR) is 95.6 cm³/mol. The smallest absolute Gasteiger partial charge is 0.355 e. The number of hydrogen-bond donors (Lipinski definition) is 2. The van der Waals surface area contributed by atoms with E-state index in [2.05, 4.69) is 10.6 Å². The van der Waals surface area contributed by atoms with E-state index in [1.807, 2.05) is 0 Å². The Morgan fingerprint density at radius 2 is 1.88 bits per heavy atom. The molecule has 0 unspecified atom stereocenters. The second-order valence-corrected chi connectivity index (χ2v) is 6.59. The van der Waals surface area contributed by atoms with Crippen molar-refractivity contribution >= 4 is 40.9 Å². The third kappa shape index (κ3) is 5.40. The van der Waals surface area contributed by atoms with Crippen LogP contribution in [0, 0.1) is 0 Å². The molecule has 0 aromatic heterocycles. The van der Waals surface area contributed by atoms with Crippen LogP contribution in [-0.2, 0) is 11.0 Å². The molecule has 0 fully saturated rings. The Balaban J connectivity index is 2.00. The van der Waals surface area contributed by atoms with Gasteiger partial charge in [-0.2, -0.15) is 13.2 Å². The number of amides is 2. The molecule has 0 heterocycles. The molecule has 0 atom stereocenters. The van der Waals surface area contributed by atoms with E-state index in [0.717, 1.165) is 23.9 Å². The Labute approximate surface area is 157 Å². The van der Waals surface area contributed by atoms with Crippen molar-refractivity contribution in [2.45, 2.75) is 11.1 Å². The summed E-state index contributed by atoms with van der Waals surface area (Å²) in [7, 11) is 1.49. The van der Waals surface area contributed by atoms with E-state index in [1.54, 1.807) is 18.2 Å². The summed E-state index contributed by atoms with van der Waals surface area (Å²) in [6.45, 7) is 0. The van der Waals surface area contributed by atoms with Crippen LogP contribution in [0.15, 0.2) is 47.4 Å². The number of carbonyl (C=O) groups is 2. The predicted octanol–water partition coefficient (Wildman–Crippen LogP) is 4.45. The van der Waals surface area contributed by atoms with Crippen LogP contribution in [0.3, 0.4) is 0 Å². The van der Waals surface area contributed by atoms with E-state index in [9.17, 15) is 22.8 Å². The third-order valence-electron chi connectivity index (χ3n) is 3.25. The van der Waals surface area contributed by atoms with Gasteiger partial charge in [0.2, 0.25) is 5.91 Å². The van der Waals surface area contributed by atoms with Gasteiger partial charge in [0, 0.05) is 23.2 Å². The number of hydrogen-bond acceptors (Lipinski definition) is 3. The van der Waals surface area contributed by atoms with Gasteiger partial charge in [0.15, 0.2) is 0 Å². The van der Waals surface area contributed by atoms with Gasteiger partial charge in [-0.25, -0.2) is 0 Å². The van der Waals surface area contributed by atoms with Crippen molar-refractivity contribution in [1.82, 2.24) is 5.32 Å². The molecule has 0 saturated heterocycles. The molecule has 2 amide bonds. The van der Waals surface area contributed by atoms with Crippen LogP contribution in [0.5, 0.6) is 0 Å². The first-order valence-corrected chi connectivity index (χ1v) is 8.68. The third-order valence-corrected chi connectivity index (χ3v) is 4.57. The first kappa shape index (κ1) is 20.1. The van der Waals surface area contributed by atoms with E-state index in [1.165, 1.54) is 19.2 Å². The summed E-state index contributed by atoms with van der Waals surface area (Å²) in [6, 6.07) is 9.80. The SMILES string of the molecule is CNC(=O)c1cccc(NC(=O)CSc2ccc(Cl)c(C(F)(F)F)c2)c1. The fourth-order valence-electron chi connectivity index (χ4n) is 2.04. The molecular weight excluding hydrogens is 389 g/mol. The Hall–Kier alpha value is -2.19. The van der Waals surface area contributed by atoms with Gasteiger partial charge in [-0.1, -0.05) is 17.7 Å². The quantitative estimate of drug-likeness (QED) is 0.726. The van der Waals surface area contributed by atoms with E-state index in [0.29, 0.717) is 11.3 Å². The molecular formula is C17H14ClF3N2O2S. The van der Waals surface area contributed by atoms with Crippen molar-refractivity contribution in [3.8, 4) is 0 Å². The molecule has 0 aliphatic rings. The molecule has 0 radical (unpaired) electrons. The summed E-state index contributed by atoms with van der Waals surface area (Å²) >= 11 is 6.51. The van der Waals surface area contributed by atoms with E-state index < -0.39 is 22.7 Å². The van der Waals surface area contributed by atoms with Crippen molar-refractivity contribution in [2.75, 3.05) is 18.1 Å². The van der Waals surface area contributed by atoms with Crippen molar-refractivity contribution in [2.24, 2.45) is 0 Å². The maximum atomic E-state index is 12.8. The molecule has 0 spiro atoms. The molecule has 0 aliphatic carbocycles. The van der Waals surface area contributed by atoms with Crippen LogP contribution < -0.4 is 10.6 Å². The van der Waals surface area contributed by atoms with Gasteiger partial charge >= 0.3 is 6.18 Å². The molecule has 26 heavy (non-hydrogen) atoms. The first-order chi connectivity index (χ1) is 12.2. The summed E-state index contributed by atoms with van der Waals surface area (Å²) in [6.07, 6.45) is -4.56. The number of benzene rings is 2. The Morgan fingerprint density at radius 1 is 1.15 bits per heavy atom. The monoisotopic (exact) mass is 402 g/mol. The van der Waals surface area contributed by atoms with Crippen LogP contribution in [-0.4, -0.2) is 24.6 Å². The highest BCUT2D eigenvalue weighted by Gasteiger charge is 2.33. The second kappa shape index (κ2) is 8.46. The van der Waals surface area contributed by atoms with Crippen molar-refractivity contribution in [3.63, 3.8) is 0 Å². The van der Waals surface area contributed by atoms with Crippen LogP contribution in [0.1, 0.15) is 15.9 Å². The summed E-state index contributed by atoms with van der Waals surface area (Å²) in [5.74, 6) is -0.799. The lowest BCUT2D eigenvalue weighted by atomic mass is 10.2. The minimum Gasteiger partial charge on any atom is -0.355 e. The number of rotatable bonds is 5. The summed E-state index contributed by atoms with van der Waals surface area (Å²) in [4.78, 5) is 23.9. The Kier molecular flexibility index (Phi) is 6.55. The fourth-order valence-corrected chi connectivity index (χ4v) is 3.00. The normalized spacial score (nSPS) is 11.1. The molecule has 0 saturated carbocycles. The standard InChI is InChI=1S/C17H14ClF3N2O2S/c1-22-16(25)10-3-2-4-11(7-10)23-15(24)9-26-12-5-6-14(18)13(8-12)17(19,20)21/h2-8H,9H2,1H3,(H,22,25)(H,23,24). The average molecular weight is 403 g/mol. The maximum absolute atomic E-state index is 12.8. The van der Waals surface area contributed by atoms with Gasteiger partial charge in [0.1, 0.15) is 0 Å². The summed E-state index contributed by atoms with van der Waals surface area (Å²) < 4.78 is 38.5. The molecule has 4 nitrogen and oxygen atoms in total. The molecule has 0 bridgehead atoms. The van der Waals surface area contributed by atoms with Gasteiger partial charge in [0.25, 0.3) is 5.91 Å². The molecule has 2 aromatic carbocycles. The number of anilines is 1. The number of alkyl halides is 3. The van der Waals surface area contributed by atoms with Crippen molar-refractivity contribution in [3.05, 3.63) is 58.6 Å². The number of halogens is 4. The largest absolute Gasteiger partial charge is 0.417 e. The van der Waals surface area contributed by atoms with Crippen LogP contribution in [0.25, 0.3) is 0 Å². The zero-order valence-corrected chi connectivity index (χ0v) is 15.1. The number of nitrogens with one attached hydrogen (secondary N) is 2. The molecule has 0 aliphatic heterocycles. The minimum atomic E-state index is -4.56. The number of thioether (sulfide) groups is 1. The van der Waals surface area contributed by atoms with Crippen LogP contribution in [0.2, 0.25) is 5.02 Å². The molecule has 2 aromatic rings. The molecule has 2 N–H and O–H groups in total. The lowest BCUT2D eigenvalue weighted by molar-refractivity contribution is -0.137. The van der Waals surface area contributed by atoms with Gasteiger partial charge < -0.3 is 10.6 Å². The van der Waals surface area contributed by atoms with E-state index in [4.69, 9.17) is 11.6 Å². The van der Waals surface area contributed by atoms with Crippen LogP contribution in [0.4, 0.5) is 18.9 Å². The van der Waals surface area contributed by atoms with E-state index in [-0.39, 0.29) is 16.6 Å². The highest BCUT2D eigenvalue weighted by atomic mass is 35.5. The van der Waals surface area contributed by atoms with Gasteiger partial charge in [-0.05, 0) is 36.4 Å². The lowest BCUT2D eigenvalue weighted by Gasteiger charge is -2.11. The highest BCUT2D eigenvalue weighted by Crippen LogP contribution is 2.37. The Bertz CT molecular complexity index is 828. The molecule has 2 rings (SSSR count). The van der Waals surface area contributed by atoms with Gasteiger partial charge in [-0.3, -0.25) is 9.59 Å². The van der Waals surface area contributed by atoms with Crippen LogP contribution >= 0.6 is 23.4 Å². The summed E-state index contributed by atoms with van der Waals surface area (Å²) in [5, 5.41) is 4.68. The second-order valence-electron chi connectivity index (χ2n) is 5.14. The molecule has 9 heteroatoms. The van der Waals surface area contributed by atoms with Crippen molar-refractivity contribution < 1.29 is 22.8 Å². The number of carbonyl (C=O) groups excluding carboxylic acids is 2. The minimum absolute atomic E-state index is 0.0941. The fraction of sp³-hybridized carbons (Fsp3) is 0.176. The van der Waals surface area contributed by atoms with Gasteiger partial charge in [0.05, 0.1) is 16.3 Å². The zero-order valence-electron chi connectivity index (χ0n) is 13.5.